The Morgan fingerprint density at radius 1 is 1.00 bits per heavy atom. The largest absolute Gasteiger partial charge is 0.490 e. The van der Waals surface area contributed by atoms with Crippen LogP contribution in [0.4, 0.5) is 0 Å². The van der Waals surface area contributed by atoms with Gasteiger partial charge in [0.15, 0.2) is 0 Å². The average Bonchev–Trinajstić information content (AvgIpc) is 3.14. The first kappa shape index (κ1) is 23.3. The number of ether oxygens (including phenoxy) is 2. The van der Waals surface area contributed by atoms with E-state index in [4.69, 9.17) is 14.5 Å². The Kier molecular flexibility index (Phi) is 7.36. The number of fused-ring (bicyclic) bond motifs is 1. The van der Waals surface area contributed by atoms with Gasteiger partial charge in [-0.05, 0) is 76.3 Å². The number of imidazole rings is 1. The Balaban J connectivity index is 1.49. The molecule has 6 heteroatoms. The Bertz CT molecular complexity index is 1240. The van der Waals surface area contributed by atoms with Crippen LogP contribution in [0.15, 0.2) is 71.2 Å². The number of aliphatic hydroxyl groups is 1. The number of para-hydroxylation sites is 3. The number of hydrogen-bond acceptors (Lipinski definition) is 4. The van der Waals surface area contributed by atoms with Crippen molar-refractivity contribution in [3.05, 3.63) is 88.2 Å². The molecule has 4 rings (SSSR count). The fourth-order valence-corrected chi connectivity index (χ4v) is 4.38. The first-order chi connectivity index (χ1) is 15.9. The van der Waals surface area contributed by atoms with Crippen molar-refractivity contribution in [2.45, 2.75) is 45.9 Å². The maximum atomic E-state index is 10.7. The molecule has 0 saturated carbocycles. The third-order valence-corrected chi connectivity index (χ3v) is 6.28. The third kappa shape index (κ3) is 5.57. The zero-order valence-electron chi connectivity index (χ0n) is 19.2. The van der Waals surface area contributed by atoms with Gasteiger partial charge in [-0.25, -0.2) is 4.98 Å². The Morgan fingerprint density at radius 2 is 1.76 bits per heavy atom. The van der Waals surface area contributed by atoms with E-state index in [1.54, 1.807) is 0 Å². The molecule has 172 valence electrons. The molecule has 0 spiro atoms. The van der Waals surface area contributed by atoms with Crippen LogP contribution in [0.2, 0.25) is 0 Å². The van der Waals surface area contributed by atoms with Crippen molar-refractivity contribution in [2.24, 2.45) is 0 Å². The molecule has 1 atom stereocenters. The van der Waals surface area contributed by atoms with Gasteiger partial charge in [0.25, 0.3) is 0 Å². The summed E-state index contributed by atoms with van der Waals surface area (Å²) in [5, 5.41) is 10.7. The molecular weight excluding hydrogens is 480 g/mol. The number of aryl methyl sites for hydroxylation is 1. The first-order valence-electron chi connectivity index (χ1n) is 11.1. The zero-order chi connectivity index (χ0) is 23.4. The zero-order valence-corrected chi connectivity index (χ0v) is 20.7. The van der Waals surface area contributed by atoms with E-state index in [1.807, 2.05) is 59.2 Å². The number of aliphatic hydroxyl groups excluding tert-OH is 1. The van der Waals surface area contributed by atoms with Gasteiger partial charge in [0.2, 0.25) is 0 Å². The quantitative estimate of drug-likeness (QED) is 0.290. The van der Waals surface area contributed by atoms with Crippen LogP contribution in [0.25, 0.3) is 11.0 Å². The van der Waals surface area contributed by atoms with Gasteiger partial charge in [0.1, 0.15) is 36.6 Å². The highest BCUT2D eigenvalue weighted by Gasteiger charge is 2.16. The maximum absolute atomic E-state index is 10.7. The molecule has 4 aromatic rings. The van der Waals surface area contributed by atoms with E-state index >= 15 is 0 Å². The molecule has 0 aliphatic rings. The maximum Gasteiger partial charge on any atom is 0.148 e. The molecule has 33 heavy (non-hydrogen) atoms. The monoisotopic (exact) mass is 508 g/mol. The number of nitrogens with zero attached hydrogens (tertiary/aromatic N) is 2. The van der Waals surface area contributed by atoms with E-state index in [0.717, 1.165) is 27.1 Å². The highest BCUT2D eigenvalue weighted by Crippen LogP contribution is 2.26. The van der Waals surface area contributed by atoms with E-state index in [1.165, 1.54) is 11.1 Å². The molecule has 0 radical (unpaired) electrons. The Morgan fingerprint density at radius 3 is 2.52 bits per heavy atom. The van der Waals surface area contributed by atoms with E-state index in [-0.39, 0.29) is 6.61 Å². The molecular formula is C27H29BrN2O3. The van der Waals surface area contributed by atoms with E-state index in [9.17, 15) is 5.11 Å². The second-order valence-corrected chi connectivity index (χ2v) is 9.34. The molecule has 1 heterocycles. The van der Waals surface area contributed by atoms with Crippen molar-refractivity contribution in [3.8, 4) is 11.5 Å². The van der Waals surface area contributed by atoms with Gasteiger partial charge < -0.3 is 19.1 Å². The Hall–Kier alpha value is -2.83. The first-order valence-corrected chi connectivity index (χ1v) is 11.9. The van der Waals surface area contributed by atoms with Gasteiger partial charge in [-0.2, -0.15) is 0 Å². The van der Waals surface area contributed by atoms with Crippen LogP contribution in [0.3, 0.4) is 0 Å². The summed E-state index contributed by atoms with van der Waals surface area (Å²) in [6.07, 6.45) is -0.707. The summed E-state index contributed by atoms with van der Waals surface area (Å²) in [6.45, 7) is 7.33. The molecule has 1 N–H and O–H groups in total. The van der Waals surface area contributed by atoms with Gasteiger partial charge in [0, 0.05) is 0 Å². The molecule has 0 saturated heterocycles. The van der Waals surface area contributed by atoms with Crippen LogP contribution < -0.4 is 9.47 Å². The third-order valence-electron chi connectivity index (χ3n) is 5.63. The standard InChI is InChI=1S/C27H29BrN2O3/c1-18(2)22-13-12-21(14-19(22)3)32-17-27-29-24-9-5-6-10-25(24)30(27)15-20(31)16-33-26-11-7-4-8-23(26)28/h4-14,18,20,31H,15-17H2,1-3H3. The topological polar surface area (TPSA) is 56.5 Å². The second-order valence-electron chi connectivity index (χ2n) is 8.48. The highest BCUT2D eigenvalue weighted by molar-refractivity contribution is 9.10. The van der Waals surface area contributed by atoms with Crippen molar-refractivity contribution in [2.75, 3.05) is 6.61 Å². The summed E-state index contributed by atoms with van der Waals surface area (Å²) in [4.78, 5) is 4.76. The number of halogens is 1. The van der Waals surface area contributed by atoms with E-state index < -0.39 is 6.10 Å². The molecule has 0 fully saturated rings. The normalized spacial score (nSPS) is 12.3. The van der Waals surface area contributed by atoms with E-state index in [2.05, 4.69) is 48.8 Å². The molecule has 0 amide bonds. The summed E-state index contributed by atoms with van der Waals surface area (Å²) in [5.41, 5.74) is 4.38. The molecule has 0 aliphatic heterocycles. The van der Waals surface area contributed by atoms with Crippen LogP contribution in [0, 0.1) is 6.92 Å². The van der Waals surface area contributed by atoms with Crippen molar-refractivity contribution >= 4 is 27.0 Å². The molecule has 0 bridgehead atoms. The molecule has 1 aromatic heterocycles. The summed E-state index contributed by atoms with van der Waals surface area (Å²) in [5.74, 6) is 2.76. The smallest absolute Gasteiger partial charge is 0.148 e. The SMILES string of the molecule is Cc1cc(OCc2nc3ccccc3n2CC(O)COc2ccccc2Br)ccc1C(C)C. The van der Waals surface area contributed by atoms with Crippen LogP contribution in [-0.2, 0) is 13.2 Å². The predicted octanol–water partition coefficient (Wildman–Crippen LogP) is 6.25. The summed E-state index contributed by atoms with van der Waals surface area (Å²) in [7, 11) is 0. The number of hydrogen-bond donors (Lipinski definition) is 1. The minimum absolute atomic E-state index is 0.172. The molecule has 3 aromatic carbocycles. The number of aromatic nitrogens is 2. The highest BCUT2D eigenvalue weighted by atomic mass is 79.9. The predicted molar refractivity (Wildman–Crippen MR) is 135 cm³/mol. The van der Waals surface area contributed by atoms with Gasteiger partial charge >= 0.3 is 0 Å². The fraction of sp³-hybridized carbons (Fsp3) is 0.296. The van der Waals surface area contributed by atoms with Crippen LogP contribution in [0.1, 0.15) is 36.7 Å². The molecule has 1 unspecified atom stereocenters. The van der Waals surface area contributed by atoms with Gasteiger partial charge in [0.05, 0.1) is 22.1 Å². The van der Waals surface area contributed by atoms with Crippen LogP contribution in [0.5, 0.6) is 11.5 Å². The lowest BCUT2D eigenvalue weighted by Crippen LogP contribution is -2.25. The van der Waals surface area contributed by atoms with Gasteiger partial charge in [-0.3, -0.25) is 0 Å². The average molecular weight is 509 g/mol. The van der Waals surface area contributed by atoms with Crippen molar-refractivity contribution < 1.29 is 14.6 Å². The fourth-order valence-electron chi connectivity index (χ4n) is 3.98. The van der Waals surface area contributed by atoms with Crippen molar-refractivity contribution in [3.63, 3.8) is 0 Å². The van der Waals surface area contributed by atoms with Crippen molar-refractivity contribution in [1.29, 1.82) is 0 Å². The molecule has 5 nitrogen and oxygen atoms in total. The summed E-state index contributed by atoms with van der Waals surface area (Å²) >= 11 is 3.47. The Labute approximate surface area is 203 Å². The lowest BCUT2D eigenvalue weighted by Gasteiger charge is -2.17. The summed E-state index contributed by atoms with van der Waals surface area (Å²) < 4.78 is 14.8. The number of rotatable bonds is 9. The number of benzene rings is 3. The van der Waals surface area contributed by atoms with Gasteiger partial charge in [-0.15, -0.1) is 0 Å². The van der Waals surface area contributed by atoms with Crippen molar-refractivity contribution in [1.82, 2.24) is 9.55 Å². The minimum atomic E-state index is -0.707. The van der Waals surface area contributed by atoms with Crippen LogP contribution >= 0.6 is 15.9 Å². The lowest BCUT2D eigenvalue weighted by molar-refractivity contribution is 0.0914. The lowest BCUT2D eigenvalue weighted by atomic mass is 9.98. The summed E-state index contributed by atoms with van der Waals surface area (Å²) in [6, 6.07) is 21.7. The van der Waals surface area contributed by atoms with Gasteiger partial charge in [-0.1, -0.05) is 44.2 Å². The van der Waals surface area contributed by atoms with Crippen LogP contribution in [-0.4, -0.2) is 27.4 Å². The minimum Gasteiger partial charge on any atom is -0.490 e. The second kappa shape index (κ2) is 10.4. The van der Waals surface area contributed by atoms with E-state index in [0.29, 0.717) is 24.8 Å². The molecule has 0 aliphatic carbocycles.